The van der Waals surface area contributed by atoms with Crippen molar-refractivity contribution in [1.29, 1.82) is 0 Å². The fourth-order valence-corrected chi connectivity index (χ4v) is 3.77. The maximum atomic E-state index is 6.24. The Balaban J connectivity index is 1.79. The third-order valence-corrected chi connectivity index (χ3v) is 5.22. The Hall–Kier alpha value is -1.28. The third-order valence-electron chi connectivity index (χ3n) is 5.22. The summed E-state index contributed by atoms with van der Waals surface area (Å²) in [5.41, 5.74) is 11.5. The molecule has 0 radical (unpaired) electrons. The molecule has 1 aliphatic heterocycles. The number of hydrogen-bond donors (Lipinski definition) is 1. The molecule has 0 aromatic heterocycles. The van der Waals surface area contributed by atoms with Gasteiger partial charge >= 0.3 is 0 Å². The Morgan fingerprint density at radius 3 is 2.67 bits per heavy atom. The minimum Gasteiger partial charge on any atom is -0.398 e. The van der Waals surface area contributed by atoms with Gasteiger partial charge in [0.25, 0.3) is 0 Å². The van der Waals surface area contributed by atoms with Crippen molar-refractivity contribution in [3.8, 4) is 0 Å². The normalized spacial score (nSPS) is 21.3. The van der Waals surface area contributed by atoms with Crippen LogP contribution in [0, 0.1) is 0 Å². The van der Waals surface area contributed by atoms with Crippen molar-refractivity contribution in [1.82, 2.24) is 4.90 Å². The van der Waals surface area contributed by atoms with Gasteiger partial charge in [-0.15, -0.1) is 0 Å². The zero-order chi connectivity index (χ0) is 14.7. The summed E-state index contributed by atoms with van der Waals surface area (Å²) in [5.74, 6) is 0.719. The standard InChI is InChI=1S/C19H28N2/c1-2-21-12-10-15(11-13-21)17-8-9-19(20)18(14-17)16-6-4-3-5-7-16/h6,8-9,14-15H,2-5,7,10-13,20H2,1H3. The first kappa shape index (κ1) is 14.6. The van der Waals surface area contributed by atoms with E-state index in [0.717, 1.165) is 11.6 Å². The molecule has 114 valence electrons. The molecule has 0 saturated carbocycles. The minimum absolute atomic E-state index is 0.719. The summed E-state index contributed by atoms with van der Waals surface area (Å²) in [5, 5.41) is 0. The number of piperidine rings is 1. The summed E-state index contributed by atoms with van der Waals surface area (Å²) in [7, 11) is 0. The molecule has 0 spiro atoms. The van der Waals surface area contributed by atoms with E-state index in [1.807, 2.05) is 0 Å². The van der Waals surface area contributed by atoms with Crippen LogP contribution in [0.15, 0.2) is 24.3 Å². The molecule has 0 amide bonds. The SMILES string of the molecule is CCN1CCC(c2ccc(N)c(C3=CCCCC3)c2)CC1. The zero-order valence-corrected chi connectivity index (χ0v) is 13.3. The molecular weight excluding hydrogens is 256 g/mol. The lowest BCUT2D eigenvalue weighted by atomic mass is 9.85. The molecule has 2 aliphatic rings. The van der Waals surface area contributed by atoms with E-state index in [2.05, 4.69) is 36.1 Å². The van der Waals surface area contributed by atoms with E-state index in [4.69, 9.17) is 5.73 Å². The zero-order valence-electron chi connectivity index (χ0n) is 13.3. The molecule has 0 unspecified atom stereocenters. The summed E-state index contributed by atoms with van der Waals surface area (Å²) in [6, 6.07) is 6.78. The number of nitrogens with two attached hydrogens (primary N) is 1. The summed E-state index contributed by atoms with van der Waals surface area (Å²) < 4.78 is 0. The van der Waals surface area contributed by atoms with Crippen molar-refractivity contribution in [2.45, 2.75) is 51.4 Å². The molecule has 1 aromatic rings. The fourth-order valence-electron chi connectivity index (χ4n) is 3.77. The van der Waals surface area contributed by atoms with Gasteiger partial charge in [-0.2, -0.15) is 0 Å². The lowest BCUT2D eigenvalue weighted by Gasteiger charge is -2.31. The number of anilines is 1. The van der Waals surface area contributed by atoms with E-state index in [1.165, 1.54) is 74.9 Å². The van der Waals surface area contributed by atoms with Crippen molar-refractivity contribution in [2.24, 2.45) is 0 Å². The van der Waals surface area contributed by atoms with Gasteiger partial charge in [0.05, 0.1) is 0 Å². The highest BCUT2D eigenvalue weighted by Gasteiger charge is 2.20. The molecule has 0 atom stereocenters. The second kappa shape index (κ2) is 6.65. The van der Waals surface area contributed by atoms with Crippen LogP contribution in [0.4, 0.5) is 5.69 Å². The fraction of sp³-hybridized carbons (Fsp3) is 0.579. The number of allylic oxidation sites excluding steroid dienone is 2. The second-order valence-corrected chi connectivity index (χ2v) is 6.53. The van der Waals surface area contributed by atoms with Crippen LogP contribution in [0.3, 0.4) is 0 Å². The number of nitrogens with zero attached hydrogens (tertiary/aromatic N) is 1. The minimum atomic E-state index is 0.719. The summed E-state index contributed by atoms with van der Waals surface area (Å²) in [6.07, 6.45) is 10.0. The van der Waals surface area contributed by atoms with Gasteiger partial charge in [-0.1, -0.05) is 19.1 Å². The Bertz CT molecular complexity index is 510. The molecule has 1 aromatic carbocycles. The van der Waals surface area contributed by atoms with Crippen LogP contribution < -0.4 is 5.73 Å². The Morgan fingerprint density at radius 1 is 1.19 bits per heavy atom. The van der Waals surface area contributed by atoms with Gasteiger partial charge in [-0.25, -0.2) is 0 Å². The predicted octanol–water partition coefficient (Wildman–Crippen LogP) is 4.43. The smallest absolute Gasteiger partial charge is 0.0390 e. The van der Waals surface area contributed by atoms with Gasteiger partial charge in [-0.3, -0.25) is 0 Å². The molecule has 1 aliphatic carbocycles. The molecule has 1 saturated heterocycles. The second-order valence-electron chi connectivity index (χ2n) is 6.53. The Kier molecular flexibility index (Phi) is 4.64. The monoisotopic (exact) mass is 284 g/mol. The highest BCUT2D eigenvalue weighted by atomic mass is 15.1. The molecule has 1 heterocycles. The first-order chi connectivity index (χ1) is 10.3. The van der Waals surface area contributed by atoms with Gasteiger partial charge in [0.1, 0.15) is 0 Å². The molecule has 1 fully saturated rings. The molecule has 0 bridgehead atoms. The average molecular weight is 284 g/mol. The maximum absolute atomic E-state index is 6.24. The third kappa shape index (κ3) is 3.32. The number of likely N-dealkylation sites (tertiary alicyclic amines) is 1. The lowest BCUT2D eigenvalue weighted by molar-refractivity contribution is 0.222. The lowest BCUT2D eigenvalue weighted by Crippen LogP contribution is -2.32. The quantitative estimate of drug-likeness (QED) is 0.832. The van der Waals surface area contributed by atoms with Gasteiger partial charge in [0.2, 0.25) is 0 Å². The van der Waals surface area contributed by atoms with E-state index in [1.54, 1.807) is 0 Å². The number of hydrogen-bond acceptors (Lipinski definition) is 2. The van der Waals surface area contributed by atoms with Crippen molar-refractivity contribution in [3.63, 3.8) is 0 Å². The number of rotatable bonds is 3. The van der Waals surface area contributed by atoms with Crippen molar-refractivity contribution >= 4 is 11.3 Å². The van der Waals surface area contributed by atoms with E-state index in [9.17, 15) is 0 Å². The van der Waals surface area contributed by atoms with Crippen LogP contribution in [-0.2, 0) is 0 Å². The molecule has 3 rings (SSSR count). The van der Waals surface area contributed by atoms with E-state index in [-0.39, 0.29) is 0 Å². The molecule has 2 heteroatoms. The van der Waals surface area contributed by atoms with Crippen LogP contribution in [0.25, 0.3) is 5.57 Å². The van der Waals surface area contributed by atoms with E-state index in [0.29, 0.717) is 0 Å². The summed E-state index contributed by atoms with van der Waals surface area (Å²) >= 11 is 0. The van der Waals surface area contributed by atoms with Crippen molar-refractivity contribution in [2.75, 3.05) is 25.4 Å². The maximum Gasteiger partial charge on any atom is 0.0390 e. The molecular formula is C19H28N2. The first-order valence-corrected chi connectivity index (χ1v) is 8.59. The Labute approximate surface area is 129 Å². The highest BCUT2D eigenvalue weighted by Crippen LogP contribution is 2.35. The average Bonchev–Trinajstić information content (AvgIpc) is 2.56. The van der Waals surface area contributed by atoms with Crippen LogP contribution in [0.2, 0.25) is 0 Å². The highest BCUT2D eigenvalue weighted by molar-refractivity contribution is 5.76. The van der Waals surface area contributed by atoms with E-state index >= 15 is 0 Å². The molecule has 2 nitrogen and oxygen atoms in total. The van der Waals surface area contributed by atoms with E-state index < -0.39 is 0 Å². The van der Waals surface area contributed by atoms with Crippen LogP contribution in [0.5, 0.6) is 0 Å². The summed E-state index contributed by atoms with van der Waals surface area (Å²) in [4.78, 5) is 2.55. The van der Waals surface area contributed by atoms with Gasteiger partial charge < -0.3 is 10.6 Å². The van der Waals surface area contributed by atoms with Gasteiger partial charge in [0.15, 0.2) is 0 Å². The van der Waals surface area contributed by atoms with Crippen LogP contribution in [-0.4, -0.2) is 24.5 Å². The van der Waals surface area contributed by atoms with Gasteiger partial charge in [0, 0.05) is 11.3 Å². The molecule has 21 heavy (non-hydrogen) atoms. The van der Waals surface area contributed by atoms with Crippen LogP contribution >= 0.6 is 0 Å². The number of nitrogen functional groups attached to an aromatic ring is 1. The first-order valence-electron chi connectivity index (χ1n) is 8.59. The summed E-state index contributed by atoms with van der Waals surface area (Å²) in [6.45, 7) is 5.93. The van der Waals surface area contributed by atoms with Crippen LogP contribution in [0.1, 0.15) is 62.5 Å². The van der Waals surface area contributed by atoms with Crippen molar-refractivity contribution in [3.05, 3.63) is 35.4 Å². The van der Waals surface area contributed by atoms with Crippen molar-refractivity contribution < 1.29 is 0 Å². The topological polar surface area (TPSA) is 29.3 Å². The number of benzene rings is 1. The largest absolute Gasteiger partial charge is 0.398 e. The molecule has 2 N–H and O–H groups in total. The Morgan fingerprint density at radius 2 is 2.00 bits per heavy atom. The predicted molar refractivity (Wildman–Crippen MR) is 91.4 cm³/mol. The van der Waals surface area contributed by atoms with Gasteiger partial charge in [-0.05, 0) is 87.3 Å².